The maximum absolute atomic E-state index is 14.8. The van der Waals surface area contributed by atoms with E-state index in [-0.39, 0.29) is 24.6 Å². The van der Waals surface area contributed by atoms with Crippen LogP contribution in [0.3, 0.4) is 0 Å². The molecule has 33 heavy (non-hydrogen) atoms. The lowest BCUT2D eigenvalue weighted by Gasteiger charge is -2.30. The SMILES string of the molecule is C#CC(=O)N(c1ccc2c(c1)OCO2)C(C(=O)NCc1ccc(F)cc1)c1ccccc1F. The summed E-state index contributed by atoms with van der Waals surface area (Å²) >= 11 is 0. The summed E-state index contributed by atoms with van der Waals surface area (Å²) in [5.41, 5.74) is 0.803. The van der Waals surface area contributed by atoms with Crippen LogP contribution < -0.4 is 19.7 Å². The molecule has 1 aliphatic heterocycles. The van der Waals surface area contributed by atoms with Gasteiger partial charge in [0.25, 0.3) is 0 Å². The molecule has 0 saturated heterocycles. The Morgan fingerprint density at radius 3 is 2.48 bits per heavy atom. The number of nitrogens with zero attached hydrogens (tertiary/aromatic N) is 1. The zero-order valence-corrected chi connectivity index (χ0v) is 17.3. The number of nitrogens with one attached hydrogen (secondary N) is 1. The van der Waals surface area contributed by atoms with E-state index in [1.807, 2.05) is 5.92 Å². The fourth-order valence-electron chi connectivity index (χ4n) is 3.47. The van der Waals surface area contributed by atoms with Crippen molar-refractivity contribution in [2.75, 3.05) is 11.7 Å². The number of amides is 2. The first-order chi connectivity index (χ1) is 16.0. The van der Waals surface area contributed by atoms with Crippen LogP contribution in [0.2, 0.25) is 0 Å². The molecule has 0 radical (unpaired) electrons. The molecule has 1 unspecified atom stereocenters. The van der Waals surface area contributed by atoms with Gasteiger partial charge < -0.3 is 14.8 Å². The zero-order valence-electron chi connectivity index (χ0n) is 17.3. The smallest absolute Gasteiger partial charge is 0.303 e. The Kier molecular flexibility index (Phi) is 6.22. The molecule has 166 valence electrons. The molecule has 0 bridgehead atoms. The number of fused-ring (bicyclic) bond motifs is 1. The molecule has 0 fully saturated rings. The third-order valence-corrected chi connectivity index (χ3v) is 5.06. The molecule has 1 atom stereocenters. The number of carbonyl (C=O) groups is 2. The van der Waals surface area contributed by atoms with Gasteiger partial charge >= 0.3 is 5.91 Å². The predicted molar refractivity (Wildman–Crippen MR) is 116 cm³/mol. The highest BCUT2D eigenvalue weighted by atomic mass is 19.1. The molecular formula is C25H18F2N2O4. The van der Waals surface area contributed by atoms with E-state index in [1.165, 1.54) is 54.6 Å². The Morgan fingerprint density at radius 2 is 1.76 bits per heavy atom. The van der Waals surface area contributed by atoms with Gasteiger partial charge in [-0.3, -0.25) is 14.5 Å². The standard InChI is InChI=1S/C25H18F2N2O4/c1-2-23(30)29(18-11-12-21-22(13-18)33-15-32-21)24(19-5-3-4-6-20(19)27)25(31)28-14-16-7-9-17(26)10-8-16/h1,3-13,24H,14-15H2,(H,28,31). The van der Waals surface area contributed by atoms with Crippen molar-refractivity contribution < 1.29 is 27.8 Å². The van der Waals surface area contributed by atoms with Crippen LogP contribution >= 0.6 is 0 Å². The second-order valence-corrected chi connectivity index (χ2v) is 7.13. The number of ether oxygens (including phenoxy) is 2. The van der Waals surface area contributed by atoms with Crippen LogP contribution in [0.1, 0.15) is 17.2 Å². The van der Waals surface area contributed by atoms with Crippen LogP contribution in [0.15, 0.2) is 66.7 Å². The van der Waals surface area contributed by atoms with Gasteiger partial charge in [-0.2, -0.15) is 0 Å². The fourth-order valence-corrected chi connectivity index (χ4v) is 3.47. The van der Waals surface area contributed by atoms with E-state index < -0.39 is 29.5 Å². The average Bonchev–Trinajstić information content (AvgIpc) is 3.30. The summed E-state index contributed by atoms with van der Waals surface area (Å²) in [4.78, 5) is 27.2. The summed E-state index contributed by atoms with van der Waals surface area (Å²) in [5, 5.41) is 2.68. The maximum atomic E-state index is 14.8. The minimum absolute atomic E-state index is 0.0107. The molecule has 3 aromatic rings. The minimum Gasteiger partial charge on any atom is -0.454 e. The number of rotatable bonds is 6. The Bertz CT molecular complexity index is 1240. The van der Waals surface area contributed by atoms with Crippen LogP contribution in [-0.2, 0) is 16.1 Å². The van der Waals surface area contributed by atoms with E-state index >= 15 is 0 Å². The van der Waals surface area contributed by atoms with Crippen LogP contribution in [0.5, 0.6) is 11.5 Å². The van der Waals surface area contributed by atoms with Gasteiger partial charge in [0, 0.05) is 23.9 Å². The molecule has 0 spiro atoms. The Morgan fingerprint density at radius 1 is 1.03 bits per heavy atom. The monoisotopic (exact) mass is 448 g/mol. The Hall–Kier alpha value is -4.38. The van der Waals surface area contributed by atoms with Crippen LogP contribution in [0.4, 0.5) is 14.5 Å². The molecule has 0 aliphatic carbocycles. The van der Waals surface area contributed by atoms with Crippen molar-refractivity contribution in [1.29, 1.82) is 0 Å². The number of anilines is 1. The largest absolute Gasteiger partial charge is 0.454 e. The summed E-state index contributed by atoms with van der Waals surface area (Å²) in [5.74, 6) is 0.214. The van der Waals surface area contributed by atoms with Crippen molar-refractivity contribution >= 4 is 17.5 Å². The molecule has 0 aromatic heterocycles. The van der Waals surface area contributed by atoms with Gasteiger partial charge in [-0.05, 0) is 41.8 Å². The molecule has 0 saturated carbocycles. The molecule has 3 aromatic carbocycles. The number of hydrogen-bond acceptors (Lipinski definition) is 4. The van der Waals surface area contributed by atoms with E-state index in [2.05, 4.69) is 5.32 Å². The normalized spacial score (nSPS) is 12.5. The van der Waals surface area contributed by atoms with E-state index in [9.17, 15) is 18.4 Å². The molecule has 2 amide bonds. The lowest BCUT2D eigenvalue weighted by molar-refractivity contribution is -0.125. The lowest BCUT2D eigenvalue weighted by atomic mass is 10.0. The van der Waals surface area contributed by atoms with E-state index in [4.69, 9.17) is 15.9 Å². The van der Waals surface area contributed by atoms with E-state index in [0.717, 1.165) is 4.90 Å². The number of hydrogen-bond donors (Lipinski definition) is 1. The van der Waals surface area contributed by atoms with Gasteiger partial charge in [0.2, 0.25) is 12.7 Å². The molecular weight excluding hydrogens is 430 g/mol. The van der Waals surface area contributed by atoms with Crippen LogP contribution in [0.25, 0.3) is 0 Å². The van der Waals surface area contributed by atoms with Gasteiger partial charge in [-0.1, -0.05) is 30.3 Å². The third-order valence-electron chi connectivity index (χ3n) is 5.06. The first-order valence-corrected chi connectivity index (χ1v) is 9.94. The summed E-state index contributed by atoms with van der Waals surface area (Å²) in [7, 11) is 0. The number of halogens is 2. The molecule has 1 aliphatic rings. The van der Waals surface area contributed by atoms with E-state index in [0.29, 0.717) is 17.1 Å². The van der Waals surface area contributed by atoms with Crippen molar-refractivity contribution in [1.82, 2.24) is 5.32 Å². The second kappa shape index (κ2) is 9.40. The average molecular weight is 448 g/mol. The van der Waals surface area contributed by atoms with Gasteiger partial charge in [-0.25, -0.2) is 8.78 Å². The Balaban J connectivity index is 1.73. The molecule has 4 rings (SSSR count). The van der Waals surface area contributed by atoms with Gasteiger partial charge in [0.15, 0.2) is 11.5 Å². The number of terminal acetylenes is 1. The predicted octanol–water partition coefficient (Wildman–Crippen LogP) is 3.72. The van der Waals surface area contributed by atoms with E-state index in [1.54, 1.807) is 12.1 Å². The second-order valence-electron chi connectivity index (χ2n) is 7.13. The van der Waals surface area contributed by atoms with Crippen LogP contribution in [0, 0.1) is 24.0 Å². The first-order valence-electron chi connectivity index (χ1n) is 9.94. The quantitative estimate of drug-likeness (QED) is 0.584. The lowest BCUT2D eigenvalue weighted by Crippen LogP contribution is -2.43. The zero-order chi connectivity index (χ0) is 23.4. The molecule has 1 N–H and O–H groups in total. The highest BCUT2D eigenvalue weighted by Gasteiger charge is 2.34. The number of carbonyl (C=O) groups excluding carboxylic acids is 2. The molecule has 1 heterocycles. The summed E-state index contributed by atoms with van der Waals surface area (Å²) in [6.07, 6.45) is 5.40. The first kappa shape index (κ1) is 21.8. The molecule has 8 heteroatoms. The van der Waals surface area contributed by atoms with Crippen molar-refractivity contribution in [2.24, 2.45) is 0 Å². The van der Waals surface area contributed by atoms with Gasteiger partial charge in [0.1, 0.15) is 17.7 Å². The van der Waals surface area contributed by atoms with Crippen LogP contribution in [-0.4, -0.2) is 18.6 Å². The van der Waals surface area contributed by atoms with Crippen molar-refractivity contribution in [2.45, 2.75) is 12.6 Å². The minimum atomic E-state index is -1.42. The van der Waals surface area contributed by atoms with Gasteiger partial charge in [0.05, 0.1) is 0 Å². The maximum Gasteiger partial charge on any atom is 0.303 e. The van der Waals surface area contributed by atoms with Crippen molar-refractivity contribution in [3.8, 4) is 23.8 Å². The Labute approximate surface area is 188 Å². The summed E-state index contributed by atoms with van der Waals surface area (Å²) in [6, 6.07) is 14.3. The topological polar surface area (TPSA) is 67.9 Å². The molecule has 6 nitrogen and oxygen atoms in total. The summed E-state index contributed by atoms with van der Waals surface area (Å²) in [6.45, 7) is 0.0417. The van der Waals surface area contributed by atoms with Gasteiger partial charge in [-0.15, -0.1) is 6.42 Å². The number of benzene rings is 3. The highest BCUT2D eigenvalue weighted by Crippen LogP contribution is 2.38. The van der Waals surface area contributed by atoms with Crippen molar-refractivity contribution in [3.63, 3.8) is 0 Å². The van der Waals surface area contributed by atoms with Crippen molar-refractivity contribution in [3.05, 3.63) is 89.5 Å². The summed E-state index contributed by atoms with van der Waals surface area (Å²) < 4.78 is 38.7. The third kappa shape index (κ3) is 4.62. The fraction of sp³-hybridized carbons (Fsp3) is 0.120. The highest BCUT2D eigenvalue weighted by molar-refractivity contribution is 6.09.